The van der Waals surface area contributed by atoms with E-state index in [0.717, 1.165) is 22.9 Å². The van der Waals surface area contributed by atoms with Crippen molar-refractivity contribution < 1.29 is 19.1 Å². The summed E-state index contributed by atoms with van der Waals surface area (Å²) in [5.74, 6) is 0.339. The zero-order valence-corrected chi connectivity index (χ0v) is 13.8. The Morgan fingerprint density at radius 3 is 2.60 bits per heavy atom. The number of amides is 2. The third-order valence-corrected chi connectivity index (χ3v) is 4.77. The van der Waals surface area contributed by atoms with Crippen LogP contribution in [0.25, 0.3) is 10.8 Å². The lowest BCUT2D eigenvalue weighted by Gasteiger charge is -2.33. The van der Waals surface area contributed by atoms with E-state index in [1.54, 1.807) is 0 Å². The Balaban J connectivity index is 1.50. The van der Waals surface area contributed by atoms with Crippen molar-refractivity contribution in [3.63, 3.8) is 0 Å². The third kappa shape index (κ3) is 3.28. The molecule has 0 radical (unpaired) electrons. The van der Waals surface area contributed by atoms with Gasteiger partial charge >= 0.3 is 0 Å². The van der Waals surface area contributed by atoms with E-state index < -0.39 is 0 Å². The van der Waals surface area contributed by atoms with Crippen LogP contribution in [0.4, 0.5) is 0 Å². The lowest BCUT2D eigenvalue weighted by molar-refractivity contribution is -0.139. The fraction of sp³-hybridized carbons (Fsp3) is 0.300. The number of carbonyl (C=O) groups excluding carboxylic acids is 2. The topological polar surface area (TPSA) is 55.8 Å². The Bertz CT molecular complexity index is 826. The van der Waals surface area contributed by atoms with Gasteiger partial charge in [0.2, 0.25) is 0 Å². The third-order valence-electron chi connectivity index (χ3n) is 4.77. The smallest absolute Gasteiger partial charge is 0.253 e. The van der Waals surface area contributed by atoms with Gasteiger partial charge in [-0.15, -0.1) is 0 Å². The molecule has 0 spiro atoms. The van der Waals surface area contributed by atoms with Crippen LogP contribution in [0.1, 0.15) is 6.42 Å². The van der Waals surface area contributed by atoms with Gasteiger partial charge in [-0.2, -0.15) is 0 Å². The number of hydrogen-bond acceptors (Lipinski definition) is 4. The molecule has 0 saturated carbocycles. The van der Waals surface area contributed by atoms with Crippen LogP contribution in [0.5, 0.6) is 5.75 Å². The maximum absolute atomic E-state index is 11.8. The van der Waals surface area contributed by atoms with Crippen LogP contribution in [0.15, 0.2) is 54.6 Å². The molecule has 2 amide bonds. The average molecular weight is 337 g/mol. The second-order valence-corrected chi connectivity index (χ2v) is 6.41. The van der Waals surface area contributed by atoms with Gasteiger partial charge in [0.25, 0.3) is 11.8 Å². The van der Waals surface area contributed by atoms with E-state index in [4.69, 9.17) is 9.47 Å². The molecule has 0 aromatic heterocycles. The highest BCUT2D eigenvalue weighted by molar-refractivity contribution is 6.12. The first-order valence-electron chi connectivity index (χ1n) is 8.47. The normalized spacial score (nSPS) is 23.4. The van der Waals surface area contributed by atoms with E-state index in [-0.39, 0.29) is 23.8 Å². The van der Waals surface area contributed by atoms with E-state index in [9.17, 15) is 9.59 Å². The van der Waals surface area contributed by atoms with Gasteiger partial charge in [0, 0.05) is 31.2 Å². The molecular weight excluding hydrogens is 318 g/mol. The summed E-state index contributed by atoms with van der Waals surface area (Å²) in [7, 11) is 0. The highest BCUT2D eigenvalue weighted by atomic mass is 16.5. The fourth-order valence-corrected chi connectivity index (χ4v) is 3.36. The number of rotatable bonds is 4. The number of imide groups is 1. The van der Waals surface area contributed by atoms with Crippen molar-refractivity contribution in [2.75, 3.05) is 19.8 Å². The monoisotopic (exact) mass is 337 g/mol. The fourth-order valence-electron chi connectivity index (χ4n) is 3.36. The summed E-state index contributed by atoms with van der Waals surface area (Å²) in [6.07, 6.45) is 3.22. The minimum absolute atomic E-state index is 0.0630. The first-order chi connectivity index (χ1) is 12.2. The van der Waals surface area contributed by atoms with Crippen LogP contribution in [-0.4, -0.2) is 42.6 Å². The van der Waals surface area contributed by atoms with E-state index in [1.807, 2.05) is 36.4 Å². The van der Waals surface area contributed by atoms with Crippen LogP contribution in [-0.2, 0) is 14.3 Å². The summed E-state index contributed by atoms with van der Waals surface area (Å²) in [6, 6.07) is 14.1. The number of carbonyl (C=O) groups is 2. The van der Waals surface area contributed by atoms with Gasteiger partial charge in [-0.3, -0.25) is 14.5 Å². The molecule has 2 aliphatic heterocycles. The van der Waals surface area contributed by atoms with Gasteiger partial charge in [-0.1, -0.05) is 30.3 Å². The Kier molecular flexibility index (Phi) is 4.24. The van der Waals surface area contributed by atoms with Gasteiger partial charge < -0.3 is 9.47 Å². The molecule has 5 heteroatoms. The average Bonchev–Trinajstić information content (AvgIpc) is 2.95. The molecular formula is C20H19NO4. The molecule has 0 bridgehead atoms. The highest BCUT2D eigenvalue weighted by Crippen LogP contribution is 2.26. The summed E-state index contributed by atoms with van der Waals surface area (Å²) in [5, 5.41) is 2.27. The van der Waals surface area contributed by atoms with E-state index in [0.29, 0.717) is 19.8 Å². The van der Waals surface area contributed by atoms with E-state index in [1.165, 1.54) is 17.1 Å². The SMILES string of the molecule is O=C1C=CC(=O)N1CC1CCOCC1Oc1ccc2ccccc2c1. The van der Waals surface area contributed by atoms with Crippen molar-refractivity contribution in [2.45, 2.75) is 12.5 Å². The van der Waals surface area contributed by atoms with Crippen LogP contribution in [0, 0.1) is 5.92 Å². The van der Waals surface area contributed by atoms with Crippen molar-refractivity contribution in [1.82, 2.24) is 4.90 Å². The maximum atomic E-state index is 11.8. The molecule has 1 fully saturated rings. The second kappa shape index (κ2) is 6.69. The second-order valence-electron chi connectivity index (χ2n) is 6.41. The Hall–Kier alpha value is -2.66. The number of nitrogens with zero attached hydrogens (tertiary/aromatic N) is 1. The minimum atomic E-state index is -0.249. The molecule has 0 N–H and O–H groups in total. The minimum Gasteiger partial charge on any atom is -0.488 e. The lowest BCUT2D eigenvalue weighted by Crippen LogP contribution is -2.45. The summed E-state index contributed by atoms with van der Waals surface area (Å²) in [6.45, 7) is 1.44. The zero-order chi connectivity index (χ0) is 17.2. The summed E-state index contributed by atoms with van der Waals surface area (Å²) in [4.78, 5) is 24.9. The van der Waals surface area contributed by atoms with E-state index >= 15 is 0 Å². The van der Waals surface area contributed by atoms with Crippen molar-refractivity contribution in [3.8, 4) is 5.75 Å². The lowest BCUT2D eigenvalue weighted by atomic mass is 9.96. The number of fused-ring (bicyclic) bond motifs is 1. The van der Waals surface area contributed by atoms with Crippen LogP contribution in [0.2, 0.25) is 0 Å². The number of benzene rings is 2. The first kappa shape index (κ1) is 15.8. The first-order valence-corrected chi connectivity index (χ1v) is 8.47. The molecule has 2 aromatic rings. The zero-order valence-electron chi connectivity index (χ0n) is 13.8. The summed E-state index contributed by atoms with van der Waals surface area (Å²) in [5.41, 5.74) is 0. The quantitative estimate of drug-likeness (QED) is 0.805. The van der Waals surface area contributed by atoms with Crippen molar-refractivity contribution in [2.24, 2.45) is 5.92 Å². The predicted octanol–water partition coefficient (Wildman–Crippen LogP) is 2.55. The van der Waals surface area contributed by atoms with Crippen molar-refractivity contribution >= 4 is 22.6 Å². The summed E-state index contributed by atoms with van der Waals surface area (Å²) >= 11 is 0. The van der Waals surface area contributed by atoms with Gasteiger partial charge in [-0.25, -0.2) is 0 Å². The van der Waals surface area contributed by atoms with Gasteiger partial charge in [-0.05, 0) is 29.3 Å². The van der Waals surface area contributed by atoms with Crippen LogP contribution in [0.3, 0.4) is 0 Å². The van der Waals surface area contributed by atoms with Crippen molar-refractivity contribution in [1.29, 1.82) is 0 Å². The molecule has 5 nitrogen and oxygen atoms in total. The molecule has 4 rings (SSSR count). The molecule has 1 saturated heterocycles. The Morgan fingerprint density at radius 1 is 1.04 bits per heavy atom. The molecule has 2 aromatic carbocycles. The Labute approximate surface area is 145 Å². The maximum Gasteiger partial charge on any atom is 0.253 e. The molecule has 0 aliphatic carbocycles. The summed E-state index contributed by atoms with van der Waals surface area (Å²) < 4.78 is 11.7. The molecule has 2 heterocycles. The molecule has 2 aliphatic rings. The molecule has 128 valence electrons. The molecule has 2 atom stereocenters. The van der Waals surface area contributed by atoms with Crippen molar-refractivity contribution in [3.05, 3.63) is 54.6 Å². The predicted molar refractivity (Wildman–Crippen MR) is 93.2 cm³/mol. The molecule has 25 heavy (non-hydrogen) atoms. The van der Waals surface area contributed by atoms with Gasteiger partial charge in [0.1, 0.15) is 11.9 Å². The largest absolute Gasteiger partial charge is 0.488 e. The number of ether oxygens (including phenoxy) is 2. The van der Waals surface area contributed by atoms with Crippen LogP contribution < -0.4 is 4.74 Å². The van der Waals surface area contributed by atoms with Gasteiger partial charge in [0.05, 0.1) is 6.61 Å². The van der Waals surface area contributed by atoms with Crippen LogP contribution >= 0.6 is 0 Å². The standard InChI is InChI=1S/C20H19NO4/c22-19-7-8-20(23)21(19)12-16-9-10-24-13-18(16)25-17-6-5-14-3-1-2-4-15(14)11-17/h1-8,11,16,18H,9-10,12-13H2. The van der Waals surface area contributed by atoms with Gasteiger partial charge in [0.15, 0.2) is 0 Å². The van der Waals surface area contributed by atoms with E-state index in [2.05, 4.69) is 6.07 Å². The number of hydrogen-bond donors (Lipinski definition) is 0. The molecule has 2 unspecified atom stereocenters. The highest BCUT2D eigenvalue weighted by Gasteiger charge is 2.33. The Morgan fingerprint density at radius 2 is 1.80 bits per heavy atom.